The summed E-state index contributed by atoms with van der Waals surface area (Å²) in [4.78, 5) is 25.1. The van der Waals surface area contributed by atoms with E-state index in [1.54, 1.807) is 18.9 Å². The van der Waals surface area contributed by atoms with Crippen molar-refractivity contribution in [3.63, 3.8) is 0 Å². The second-order valence-electron chi connectivity index (χ2n) is 4.98. The molecule has 0 radical (unpaired) electrons. The standard InChI is InChI=1S/C13H23NO3/c1-10(13(16)17-3)9-14(2)12(15)11-7-5-4-6-8-11/h10-11H,4-9H2,1-3H3. The molecule has 1 unspecified atom stereocenters. The van der Waals surface area contributed by atoms with E-state index in [9.17, 15) is 9.59 Å². The fourth-order valence-electron chi connectivity index (χ4n) is 2.44. The minimum atomic E-state index is -0.256. The van der Waals surface area contributed by atoms with E-state index in [2.05, 4.69) is 4.74 Å². The molecular formula is C13H23NO3. The molecule has 1 aliphatic rings. The minimum Gasteiger partial charge on any atom is -0.469 e. The van der Waals surface area contributed by atoms with E-state index in [-0.39, 0.29) is 23.7 Å². The van der Waals surface area contributed by atoms with E-state index in [1.165, 1.54) is 13.5 Å². The number of amides is 1. The Balaban J connectivity index is 2.43. The molecule has 1 saturated carbocycles. The summed E-state index contributed by atoms with van der Waals surface area (Å²) in [5.41, 5.74) is 0. The van der Waals surface area contributed by atoms with Crippen molar-refractivity contribution in [1.82, 2.24) is 4.90 Å². The molecule has 0 spiro atoms. The van der Waals surface area contributed by atoms with Crippen molar-refractivity contribution >= 4 is 11.9 Å². The van der Waals surface area contributed by atoms with Crippen LogP contribution in [-0.4, -0.2) is 37.5 Å². The highest BCUT2D eigenvalue weighted by atomic mass is 16.5. The molecule has 0 heterocycles. The van der Waals surface area contributed by atoms with Gasteiger partial charge >= 0.3 is 5.97 Å². The zero-order valence-corrected chi connectivity index (χ0v) is 11.1. The van der Waals surface area contributed by atoms with Gasteiger partial charge in [0.1, 0.15) is 0 Å². The van der Waals surface area contributed by atoms with Gasteiger partial charge < -0.3 is 9.64 Å². The zero-order chi connectivity index (χ0) is 12.8. The Kier molecular flexibility index (Phi) is 5.45. The molecule has 0 N–H and O–H groups in total. The van der Waals surface area contributed by atoms with Gasteiger partial charge in [-0.2, -0.15) is 0 Å². The van der Waals surface area contributed by atoms with Crippen LogP contribution >= 0.6 is 0 Å². The first-order valence-electron chi connectivity index (χ1n) is 6.39. The second kappa shape index (κ2) is 6.62. The summed E-state index contributed by atoms with van der Waals surface area (Å²) in [5.74, 6) is -0.162. The second-order valence-corrected chi connectivity index (χ2v) is 4.98. The maximum Gasteiger partial charge on any atom is 0.310 e. The predicted octanol–water partition coefficient (Wildman–Crippen LogP) is 1.83. The van der Waals surface area contributed by atoms with Crippen LogP contribution in [-0.2, 0) is 14.3 Å². The molecule has 1 amide bonds. The maximum absolute atomic E-state index is 12.1. The Morgan fingerprint density at radius 2 is 1.88 bits per heavy atom. The third kappa shape index (κ3) is 4.02. The van der Waals surface area contributed by atoms with Gasteiger partial charge in [-0.25, -0.2) is 0 Å². The fourth-order valence-corrected chi connectivity index (χ4v) is 2.44. The zero-order valence-electron chi connectivity index (χ0n) is 11.1. The molecule has 1 atom stereocenters. The van der Waals surface area contributed by atoms with Crippen molar-refractivity contribution in [2.24, 2.45) is 11.8 Å². The smallest absolute Gasteiger partial charge is 0.310 e. The van der Waals surface area contributed by atoms with Crippen LogP contribution in [0.5, 0.6) is 0 Å². The number of methoxy groups -OCH3 is 1. The normalized spacial score (nSPS) is 18.5. The lowest BCUT2D eigenvalue weighted by Gasteiger charge is -2.27. The number of hydrogen-bond donors (Lipinski definition) is 0. The number of ether oxygens (including phenoxy) is 1. The van der Waals surface area contributed by atoms with Crippen LogP contribution in [0.1, 0.15) is 39.0 Å². The van der Waals surface area contributed by atoms with E-state index in [4.69, 9.17) is 0 Å². The SMILES string of the molecule is COC(=O)C(C)CN(C)C(=O)C1CCCCC1. The summed E-state index contributed by atoms with van der Waals surface area (Å²) in [6, 6.07) is 0. The molecule has 0 aromatic heterocycles. The van der Waals surface area contributed by atoms with Crippen LogP contribution in [0.25, 0.3) is 0 Å². The molecule has 17 heavy (non-hydrogen) atoms. The number of hydrogen-bond acceptors (Lipinski definition) is 3. The summed E-state index contributed by atoms with van der Waals surface area (Å²) in [5, 5.41) is 0. The van der Waals surface area contributed by atoms with Gasteiger partial charge in [-0.05, 0) is 12.8 Å². The molecule has 0 aromatic rings. The Labute approximate surface area is 103 Å². The maximum atomic E-state index is 12.1. The molecule has 0 saturated heterocycles. The van der Waals surface area contributed by atoms with Crippen LogP contribution < -0.4 is 0 Å². The van der Waals surface area contributed by atoms with E-state index in [0.29, 0.717) is 6.54 Å². The van der Waals surface area contributed by atoms with Crippen LogP contribution in [0.2, 0.25) is 0 Å². The Bertz CT molecular complexity index is 272. The number of nitrogens with zero attached hydrogens (tertiary/aromatic N) is 1. The van der Waals surface area contributed by atoms with Crippen molar-refractivity contribution in [3.8, 4) is 0 Å². The lowest BCUT2D eigenvalue weighted by Crippen LogP contribution is -2.38. The Morgan fingerprint density at radius 3 is 2.41 bits per heavy atom. The van der Waals surface area contributed by atoms with Crippen molar-refractivity contribution in [2.45, 2.75) is 39.0 Å². The van der Waals surface area contributed by atoms with Gasteiger partial charge in [0.05, 0.1) is 13.0 Å². The van der Waals surface area contributed by atoms with Crippen molar-refractivity contribution < 1.29 is 14.3 Å². The first kappa shape index (κ1) is 14.0. The minimum absolute atomic E-state index is 0.165. The highest BCUT2D eigenvalue weighted by molar-refractivity contribution is 5.79. The van der Waals surface area contributed by atoms with Gasteiger partial charge in [-0.1, -0.05) is 26.2 Å². The summed E-state index contributed by atoms with van der Waals surface area (Å²) in [6.45, 7) is 2.23. The van der Waals surface area contributed by atoms with Crippen LogP contribution in [0.3, 0.4) is 0 Å². The van der Waals surface area contributed by atoms with Crippen LogP contribution in [0.15, 0.2) is 0 Å². The molecule has 4 heteroatoms. The van der Waals surface area contributed by atoms with E-state index in [0.717, 1.165) is 25.7 Å². The number of carbonyl (C=O) groups excluding carboxylic acids is 2. The highest BCUT2D eigenvalue weighted by Gasteiger charge is 2.26. The molecule has 0 bridgehead atoms. The van der Waals surface area contributed by atoms with Crippen LogP contribution in [0, 0.1) is 11.8 Å². The fraction of sp³-hybridized carbons (Fsp3) is 0.846. The van der Waals surface area contributed by atoms with E-state index < -0.39 is 0 Å². The molecule has 1 aliphatic carbocycles. The average Bonchev–Trinajstić information content (AvgIpc) is 2.37. The summed E-state index contributed by atoms with van der Waals surface area (Å²) in [7, 11) is 3.15. The summed E-state index contributed by atoms with van der Waals surface area (Å²) in [6.07, 6.45) is 5.53. The molecule has 0 aromatic carbocycles. The third-order valence-corrected chi connectivity index (χ3v) is 3.48. The van der Waals surface area contributed by atoms with E-state index >= 15 is 0 Å². The van der Waals surface area contributed by atoms with Crippen molar-refractivity contribution in [1.29, 1.82) is 0 Å². The number of rotatable bonds is 4. The summed E-state index contributed by atoms with van der Waals surface area (Å²) >= 11 is 0. The molecule has 1 rings (SSSR count). The first-order chi connectivity index (χ1) is 8.06. The first-order valence-corrected chi connectivity index (χ1v) is 6.39. The molecule has 1 fully saturated rings. The number of carbonyl (C=O) groups is 2. The Hall–Kier alpha value is -1.06. The summed E-state index contributed by atoms with van der Waals surface area (Å²) < 4.78 is 4.66. The molecular weight excluding hydrogens is 218 g/mol. The van der Waals surface area contributed by atoms with Gasteiger partial charge in [0.2, 0.25) is 5.91 Å². The van der Waals surface area contributed by atoms with Gasteiger partial charge in [-0.3, -0.25) is 9.59 Å². The average molecular weight is 241 g/mol. The predicted molar refractivity (Wildman–Crippen MR) is 65.4 cm³/mol. The highest BCUT2D eigenvalue weighted by Crippen LogP contribution is 2.25. The Morgan fingerprint density at radius 1 is 1.29 bits per heavy atom. The van der Waals surface area contributed by atoms with Crippen LogP contribution in [0.4, 0.5) is 0 Å². The van der Waals surface area contributed by atoms with Crippen molar-refractivity contribution in [3.05, 3.63) is 0 Å². The lowest BCUT2D eigenvalue weighted by atomic mass is 9.88. The van der Waals surface area contributed by atoms with Gasteiger partial charge in [0.25, 0.3) is 0 Å². The van der Waals surface area contributed by atoms with Gasteiger partial charge in [-0.15, -0.1) is 0 Å². The van der Waals surface area contributed by atoms with Gasteiger partial charge in [0, 0.05) is 19.5 Å². The largest absolute Gasteiger partial charge is 0.469 e. The lowest BCUT2D eigenvalue weighted by molar-refractivity contribution is -0.146. The molecule has 98 valence electrons. The van der Waals surface area contributed by atoms with E-state index in [1.807, 2.05) is 0 Å². The number of esters is 1. The van der Waals surface area contributed by atoms with Crippen molar-refractivity contribution in [2.75, 3.05) is 20.7 Å². The van der Waals surface area contributed by atoms with Gasteiger partial charge in [0.15, 0.2) is 0 Å². The monoisotopic (exact) mass is 241 g/mol. The topological polar surface area (TPSA) is 46.6 Å². The molecule has 4 nitrogen and oxygen atoms in total. The molecule has 0 aliphatic heterocycles. The quantitative estimate of drug-likeness (QED) is 0.705. The third-order valence-electron chi connectivity index (χ3n) is 3.48.